The molecule has 4 rings (SSSR count). The van der Waals surface area contributed by atoms with Crippen LogP contribution >= 0.6 is 11.5 Å². The second kappa shape index (κ2) is 7.71. The maximum Gasteiger partial charge on any atom is 0.274 e. The first-order valence-corrected chi connectivity index (χ1v) is 10.1. The van der Waals surface area contributed by atoms with E-state index in [2.05, 4.69) is 24.7 Å². The lowest BCUT2D eigenvalue weighted by Gasteiger charge is -2.23. The summed E-state index contributed by atoms with van der Waals surface area (Å²) in [5.74, 6) is 0.840. The highest BCUT2D eigenvalue weighted by molar-refractivity contribution is 7.09. The van der Waals surface area contributed by atoms with E-state index in [9.17, 15) is 4.79 Å². The summed E-state index contributed by atoms with van der Waals surface area (Å²) in [5.41, 5.74) is 0.552. The summed E-state index contributed by atoms with van der Waals surface area (Å²) in [4.78, 5) is 21.5. The van der Waals surface area contributed by atoms with Crippen LogP contribution in [0.1, 0.15) is 41.6 Å². The second-order valence-electron chi connectivity index (χ2n) is 6.94. The van der Waals surface area contributed by atoms with Crippen LogP contribution in [0.2, 0.25) is 0 Å². The minimum Gasteiger partial charge on any atom is -0.345 e. The minimum absolute atomic E-state index is 0.0304. The fourth-order valence-electron chi connectivity index (χ4n) is 3.60. The van der Waals surface area contributed by atoms with E-state index >= 15 is 0 Å². The third-order valence-electron chi connectivity index (χ3n) is 5.04. The number of hydrogen-bond acceptors (Lipinski definition) is 7. The van der Waals surface area contributed by atoms with E-state index in [0.29, 0.717) is 18.3 Å². The van der Waals surface area contributed by atoms with Gasteiger partial charge in [0.05, 0.1) is 6.04 Å². The van der Waals surface area contributed by atoms with Crippen molar-refractivity contribution in [2.45, 2.75) is 32.2 Å². The summed E-state index contributed by atoms with van der Waals surface area (Å²) in [6, 6.07) is 2.21. The molecule has 2 aromatic heterocycles. The molecule has 2 aliphatic heterocycles. The van der Waals surface area contributed by atoms with Crippen LogP contribution in [0.3, 0.4) is 0 Å². The van der Waals surface area contributed by atoms with Gasteiger partial charge in [0.2, 0.25) is 5.13 Å². The Kier molecular flexibility index (Phi) is 5.16. The maximum atomic E-state index is 12.9. The van der Waals surface area contributed by atoms with Gasteiger partial charge in [-0.15, -0.1) is 0 Å². The number of piperidine rings is 1. The van der Waals surface area contributed by atoms with E-state index in [0.717, 1.165) is 62.9 Å². The van der Waals surface area contributed by atoms with Gasteiger partial charge in [0.15, 0.2) is 0 Å². The maximum absolute atomic E-state index is 12.9. The first-order valence-electron chi connectivity index (χ1n) is 9.31. The molecule has 2 aliphatic rings. The molecule has 0 aliphatic carbocycles. The van der Waals surface area contributed by atoms with Crippen molar-refractivity contribution < 1.29 is 4.79 Å². The molecule has 0 radical (unpaired) electrons. The van der Waals surface area contributed by atoms with Gasteiger partial charge in [-0.2, -0.15) is 9.47 Å². The highest BCUT2D eigenvalue weighted by Gasteiger charge is 2.24. The molecule has 9 heteroatoms. The lowest BCUT2D eigenvalue weighted by Crippen LogP contribution is -2.36. The van der Waals surface area contributed by atoms with E-state index in [1.165, 1.54) is 11.5 Å². The summed E-state index contributed by atoms with van der Waals surface area (Å²) < 4.78 is 6.21. The highest BCUT2D eigenvalue weighted by atomic mass is 32.1. The molecule has 2 aromatic rings. The predicted molar refractivity (Wildman–Crippen MR) is 101 cm³/mol. The standard InChI is InChI=1S/C17H25N7OS/c1-13-19-17(26-21-13)23-8-3-7-22(10-11-23)16(25)15-5-9-24(20-15)14-4-2-6-18-12-14/h5,9,14,18H,2-4,6-8,10-12H2,1H3. The molecule has 140 valence electrons. The van der Waals surface area contributed by atoms with Gasteiger partial charge in [0.25, 0.3) is 5.91 Å². The van der Waals surface area contributed by atoms with Crippen LogP contribution in [0.5, 0.6) is 0 Å². The Morgan fingerprint density at radius 2 is 2.19 bits per heavy atom. The number of carbonyl (C=O) groups is 1. The summed E-state index contributed by atoms with van der Waals surface area (Å²) in [6.45, 7) is 7.04. The van der Waals surface area contributed by atoms with Gasteiger partial charge < -0.3 is 15.1 Å². The zero-order valence-corrected chi connectivity index (χ0v) is 15.9. The van der Waals surface area contributed by atoms with E-state index < -0.39 is 0 Å². The largest absolute Gasteiger partial charge is 0.345 e. The van der Waals surface area contributed by atoms with Gasteiger partial charge in [0.1, 0.15) is 11.5 Å². The summed E-state index contributed by atoms with van der Waals surface area (Å²) in [5, 5.41) is 8.92. The van der Waals surface area contributed by atoms with Crippen LogP contribution in [-0.4, -0.2) is 69.2 Å². The van der Waals surface area contributed by atoms with Gasteiger partial charge in [-0.3, -0.25) is 9.48 Å². The molecule has 26 heavy (non-hydrogen) atoms. The molecule has 1 atom stereocenters. The Balaban J connectivity index is 1.39. The summed E-state index contributed by atoms with van der Waals surface area (Å²) >= 11 is 1.43. The number of rotatable bonds is 3. The van der Waals surface area contributed by atoms with E-state index in [1.807, 2.05) is 28.8 Å². The van der Waals surface area contributed by atoms with E-state index in [1.54, 1.807) is 0 Å². The van der Waals surface area contributed by atoms with Crippen LogP contribution < -0.4 is 10.2 Å². The van der Waals surface area contributed by atoms with Gasteiger partial charge in [-0.25, -0.2) is 4.98 Å². The third kappa shape index (κ3) is 3.73. The number of hydrogen-bond donors (Lipinski definition) is 1. The molecule has 0 spiro atoms. The lowest BCUT2D eigenvalue weighted by atomic mass is 10.1. The molecule has 1 unspecified atom stereocenters. The second-order valence-corrected chi connectivity index (χ2v) is 7.67. The van der Waals surface area contributed by atoms with Gasteiger partial charge >= 0.3 is 0 Å². The van der Waals surface area contributed by atoms with Crippen LogP contribution in [0.15, 0.2) is 12.3 Å². The van der Waals surface area contributed by atoms with Gasteiger partial charge in [-0.05, 0) is 38.8 Å². The number of nitrogens with zero attached hydrogens (tertiary/aromatic N) is 6. The van der Waals surface area contributed by atoms with Crippen molar-refractivity contribution in [2.24, 2.45) is 0 Å². The van der Waals surface area contributed by atoms with Crippen molar-refractivity contribution >= 4 is 22.6 Å². The predicted octanol–water partition coefficient (Wildman–Crippen LogP) is 1.32. The quantitative estimate of drug-likeness (QED) is 0.872. The monoisotopic (exact) mass is 375 g/mol. The molecule has 1 N–H and O–H groups in total. The molecular formula is C17H25N7OS. The fraction of sp³-hybridized carbons (Fsp3) is 0.647. The summed E-state index contributed by atoms with van der Waals surface area (Å²) in [7, 11) is 0. The van der Waals surface area contributed by atoms with Crippen molar-refractivity contribution in [1.82, 2.24) is 29.4 Å². The molecule has 0 bridgehead atoms. The number of carbonyl (C=O) groups excluding carboxylic acids is 1. The molecule has 4 heterocycles. The minimum atomic E-state index is 0.0304. The number of amides is 1. The van der Waals surface area contributed by atoms with E-state index in [4.69, 9.17) is 0 Å². The van der Waals surface area contributed by atoms with Crippen molar-refractivity contribution in [1.29, 1.82) is 0 Å². The van der Waals surface area contributed by atoms with Crippen LogP contribution in [0.25, 0.3) is 0 Å². The Morgan fingerprint density at radius 1 is 1.27 bits per heavy atom. The molecule has 0 aromatic carbocycles. The first-order chi connectivity index (χ1) is 12.7. The molecule has 8 nitrogen and oxygen atoms in total. The Labute approximate surface area is 157 Å². The van der Waals surface area contributed by atoms with Crippen LogP contribution in [-0.2, 0) is 0 Å². The third-order valence-corrected chi connectivity index (χ3v) is 5.91. The molecule has 0 saturated carbocycles. The summed E-state index contributed by atoms with van der Waals surface area (Å²) in [6.07, 6.45) is 5.14. The lowest BCUT2D eigenvalue weighted by molar-refractivity contribution is 0.0759. The molecule has 2 fully saturated rings. The number of nitrogens with one attached hydrogen (secondary N) is 1. The normalized spacial score (nSPS) is 21.7. The van der Waals surface area contributed by atoms with E-state index in [-0.39, 0.29) is 5.91 Å². The number of anilines is 1. The van der Waals surface area contributed by atoms with Gasteiger partial charge in [-0.1, -0.05) is 0 Å². The number of aromatic nitrogens is 4. The first kappa shape index (κ1) is 17.4. The van der Waals surface area contributed by atoms with Crippen molar-refractivity contribution in [3.05, 3.63) is 23.8 Å². The van der Waals surface area contributed by atoms with Crippen molar-refractivity contribution in [3.63, 3.8) is 0 Å². The molecule has 1 amide bonds. The average molecular weight is 376 g/mol. The topological polar surface area (TPSA) is 79.2 Å². The van der Waals surface area contributed by atoms with Crippen molar-refractivity contribution in [3.8, 4) is 0 Å². The average Bonchev–Trinajstić information content (AvgIpc) is 3.26. The Morgan fingerprint density at radius 3 is 2.96 bits per heavy atom. The van der Waals surface area contributed by atoms with Crippen molar-refractivity contribution in [2.75, 3.05) is 44.2 Å². The molecular weight excluding hydrogens is 350 g/mol. The molecule has 2 saturated heterocycles. The highest BCUT2D eigenvalue weighted by Crippen LogP contribution is 2.20. The Hall–Kier alpha value is -2.00. The van der Waals surface area contributed by atoms with Crippen LogP contribution in [0, 0.1) is 6.92 Å². The van der Waals surface area contributed by atoms with Crippen LogP contribution in [0.4, 0.5) is 5.13 Å². The zero-order valence-electron chi connectivity index (χ0n) is 15.1. The Bertz CT molecular complexity index is 752. The van der Waals surface area contributed by atoms with Gasteiger partial charge in [0, 0.05) is 50.5 Å². The zero-order chi connectivity index (χ0) is 17.9. The SMILES string of the molecule is Cc1nsc(N2CCCN(C(=O)c3ccn(C4CCCNC4)n3)CC2)n1. The number of aryl methyl sites for hydroxylation is 1. The smallest absolute Gasteiger partial charge is 0.274 e. The fourth-order valence-corrected chi connectivity index (χ4v) is 4.33.